The van der Waals surface area contributed by atoms with Gasteiger partial charge in [0.05, 0.1) is 11.8 Å². The Balaban J connectivity index is 2.11. The van der Waals surface area contributed by atoms with Gasteiger partial charge in [-0.3, -0.25) is 4.79 Å². The van der Waals surface area contributed by atoms with E-state index in [9.17, 15) is 4.79 Å². The molecular formula is C14H15BrN2O2. The molecule has 0 spiro atoms. The fraction of sp³-hybridized carbons (Fsp3) is 0.214. The lowest BCUT2D eigenvalue weighted by Crippen LogP contribution is -2.13. The van der Waals surface area contributed by atoms with Gasteiger partial charge in [-0.15, -0.1) is 0 Å². The molecule has 1 heterocycles. The number of hydrogen-bond acceptors (Lipinski definition) is 3. The number of nitrogens with zero attached hydrogens (tertiary/aromatic N) is 1. The SMILES string of the molecule is CN(C)Cc1cccc(NC(=O)c2ccoc2Br)c1. The van der Waals surface area contributed by atoms with Gasteiger partial charge in [-0.25, -0.2) is 0 Å². The van der Waals surface area contributed by atoms with Crippen molar-refractivity contribution in [1.29, 1.82) is 0 Å². The number of hydrogen-bond donors (Lipinski definition) is 1. The van der Waals surface area contributed by atoms with Gasteiger partial charge >= 0.3 is 0 Å². The largest absolute Gasteiger partial charge is 0.457 e. The molecule has 19 heavy (non-hydrogen) atoms. The maximum atomic E-state index is 12.0. The third-order valence-corrected chi connectivity index (χ3v) is 3.16. The Bertz CT molecular complexity index is 578. The van der Waals surface area contributed by atoms with Gasteiger partial charge in [-0.2, -0.15) is 0 Å². The normalized spacial score (nSPS) is 10.7. The molecular weight excluding hydrogens is 308 g/mol. The van der Waals surface area contributed by atoms with Crippen molar-refractivity contribution in [2.45, 2.75) is 6.54 Å². The molecule has 0 saturated heterocycles. The van der Waals surface area contributed by atoms with Gasteiger partial charge in [0.1, 0.15) is 0 Å². The Labute approximate surface area is 120 Å². The molecule has 4 nitrogen and oxygen atoms in total. The summed E-state index contributed by atoms with van der Waals surface area (Å²) in [5.74, 6) is -0.192. The van der Waals surface area contributed by atoms with E-state index in [1.54, 1.807) is 6.07 Å². The van der Waals surface area contributed by atoms with Gasteiger partial charge in [0.25, 0.3) is 5.91 Å². The van der Waals surface area contributed by atoms with Gasteiger partial charge in [-0.05, 0) is 53.8 Å². The van der Waals surface area contributed by atoms with E-state index >= 15 is 0 Å². The minimum atomic E-state index is -0.192. The minimum Gasteiger partial charge on any atom is -0.457 e. The van der Waals surface area contributed by atoms with Crippen LogP contribution in [0.1, 0.15) is 15.9 Å². The predicted molar refractivity (Wildman–Crippen MR) is 78.2 cm³/mol. The van der Waals surface area contributed by atoms with Crippen LogP contribution in [0, 0.1) is 0 Å². The first-order chi connectivity index (χ1) is 9.06. The van der Waals surface area contributed by atoms with E-state index in [2.05, 4.69) is 26.1 Å². The van der Waals surface area contributed by atoms with Crippen molar-refractivity contribution in [3.05, 3.63) is 52.4 Å². The lowest BCUT2D eigenvalue weighted by Gasteiger charge is -2.11. The van der Waals surface area contributed by atoms with Crippen LogP contribution in [0.3, 0.4) is 0 Å². The van der Waals surface area contributed by atoms with Crippen molar-refractivity contribution in [1.82, 2.24) is 4.90 Å². The van der Waals surface area contributed by atoms with Crippen LogP contribution in [0.15, 0.2) is 45.7 Å². The minimum absolute atomic E-state index is 0.192. The Morgan fingerprint density at radius 3 is 2.79 bits per heavy atom. The number of carbonyl (C=O) groups excluding carboxylic acids is 1. The van der Waals surface area contributed by atoms with Gasteiger partial charge in [0, 0.05) is 12.2 Å². The van der Waals surface area contributed by atoms with E-state index in [0.717, 1.165) is 17.8 Å². The van der Waals surface area contributed by atoms with Crippen LogP contribution in [-0.4, -0.2) is 24.9 Å². The molecule has 0 bridgehead atoms. The molecule has 0 aliphatic carbocycles. The highest BCUT2D eigenvalue weighted by Crippen LogP contribution is 2.19. The number of furan rings is 1. The maximum Gasteiger partial charge on any atom is 0.260 e. The molecule has 1 N–H and O–H groups in total. The number of halogens is 1. The second kappa shape index (κ2) is 6.04. The summed E-state index contributed by atoms with van der Waals surface area (Å²) in [6.45, 7) is 0.832. The van der Waals surface area contributed by atoms with E-state index in [0.29, 0.717) is 10.2 Å². The summed E-state index contributed by atoms with van der Waals surface area (Å²) in [7, 11) is 4.02. The second-order valence-corrected chi connectivity index (χ2v) is 5.22. The van der Waals surface area contributed by atoms with Gasteiger partial charge < -0.3 is 14.6 Å². The Hall–Kier alpha value is -1.59. The first kappa shape index (κ1) is 13.8. The molecule has 1 aromatic heterocycles. The summed E-state index contributed by atoms with van der Waals surface area (Å²) in [6, 6.07) is 9.42. The average Bonchev–Trinajstić information content (AvgIpc) is 2.75. The molecule has 0 radical (unpaired) electrons. The summed E-state index contributed by atoms with van der Waals surface area (Å²) in [5, 5.41) is 2.85. The third-order valence-electron chi connectivity index (χ3n) is 2.55. The zero-order valence-corrected chi connectivity index (χ0v) is 12.4. The topological polar surface area (TPSA) is 45.5 Å². The third kappa shape index (κ3) is 3.68. The van der Waals surface area contributed by atoms with Crippen LogP contribution >= 0.6 is 15.9 Å². The number of amides is 1. The van der Waals surface area contributed by atoms with Crippen LogP contribution < -0.4 is 5.32 Å². The van der Waals surface area contributed by atoms with Crippen LogP contribution in [0.2, 0.25) is 0 Å². The molecule has 100 valence electrons. The number of anilines is 1. The van der Waals surface area contributed by atoms with Crippen molar-refractivity contribution in [3.8, 4) is 0 Å². The van der Waals surface area contributed by atoms with Gasteiger partial charge in [0.15, 0.2) is 4.67 Å². The number of carbonyl (C=O) groups is 1. The highest BCUT2D eigenvalue weighted by molar-refractivity contribution is 9.10. The smallest absolute Gasteiger partial charge is 0.260 e. The van der Waals surface area contributed by atoms with E-state index in [1.807, 2.05) is 38.4 Å². The molecule has 0 fully saturated rings. The van der Waals surface area contributed by atoms with Crippen molar-refractivity contribution in [3.63, 3.8) is 0 Å². The van der Waals surface area contributed by atoms with Gasteiger partial charge in [-0.1, -0.05) is 12.1 Å². The quantitative estimate of drug-likeness (QED) is 0.938. The number of rotatable bonds is 4. The summed E-state index contributed by atoms with van der Waals surface area (Å²) in [5.41, 5.74) is 2.41. The van der Waals surface area contributed by atoms with Crippen LogP contribution in [0.25, 0.3) is 0 Å². The van der Waals surface area contributed by atoms with Crippen molar-refractivity contribution < 1.29 is 9.21 Å². The molecule has 2 rings (SSSR count). The molecule has 0 saturated carbocycles. The highest BCUT2D eigenvalue weighted by Gasteiger charge is 2.12. The maximum absolute atomic E-state index is 12.0. The average molecular weight is 323 g/mol. The standard InChI is InChI=1S/C14H15BrN2O2/c1-17(2)9-10-4-3-5-11(8-10)16-14(18)12-6-7-19-13(12)15/h3-8H,9H2,1-2H3,(H,16,18). The second-order valence-electron chi connectivity index (χ2n) is 4.50. The predicted octanol–water partition coefficient (Wildman–Crippen LogP) is 3.36. The van der Waals surface area contributed by atoms with E-state index in [1.165, 1.54) is 6.26 Å². The summed E-state index contributed by atoms with van der Waals surface area (Å²) < 4.78 is 5.49. The number of nitrogens with one attached hydrogen (secondary N) is 1. The van der Waals surface area contributed by atoms with E-state index in [4.69, 9.17) is 4.42 Å². The molecule has 0 aliphatic rings. The van der Waals surface area contributed by atoms with Crippen molar-refractivity contribution in [2.75, 3.05) is 19.4 Å². The lowest BCUT2D eigenvalue weighted by molar-refractivity contribution is 0.102. The van der Waals surface area contributed by atoms with Gasteiger partial charge in [0.2, 0.25) is 0 Å². The molecule has 0 unspecified atom stereocenters. The molecule has 5 heteroatoms. The molecule has 0 atom stereocenters. The highest BCUT2D eigenvalue weighted by atomic mass is 79.9. The summed E-state index contributed by atoms with van der Waals surface area (Å²) in [4.78, 5) is 14.1. The van der Waals surface area contributed by atoms with E-state index in [-0.39, 0.29) is 5.91 Å². The molecule has 1 aromatic carbocycles. The molecule has 0 aliphatic heterocycles. The number of benzene rings is 1. The first-order valence-electron chi connectivity index (χ1n) is 5.84. The Morgan fingerprint density at radius 2 is 2.16 bits per heavy atom. The zero-order valence-electron chi connectivity index (χ0n) is 10.8. The van der Waals surface area contributed by atoms with Crippen molar-refractivity contribution in [2.24, 2.45) is 0 Å². The first-order valence-corrected chi connectivity index (χ1v) is 6.63. The van der Waals surface area contributed by atoms with Crippen LogP contribution in [0.5, 0.6) is 0 Å². The fourth-order valence-corrected chi connectivity index (χ4v) is 2.19. The zero-order chi connectivity index (χ0) is 13.8. The summed E-state index contributed by atoms with van der Waals surface area (Å²) in [6.07, 6.45) is 1.47. The van der Waals surface area contributed by atoms with Crippen molar-refractivity contribution >= 4 is 27.5 Å². The van der Waals surface area contributed by atoms with Crippen LogP contribution in [0.4, 0.5) is 5.69 Å². The van der Waals surface area contributed by atoms with Crippen LogP contribution in [-0.2, 0) is 6.54 Å². The monoisotopic (exact) mass is 322 g/mol. The molecule has 1 amide bonds. The Morgan fingerprint density at radius 1 is 1.37 bits per heavy atom. The fourth-order valence-electron chi connectivity index (χ4n) is 1.77. The summed E-state index contributed by atoms with van der Waals surface area (Å²) >= 11 is 3.19. The molecule has 2 aromatic rings. The Kier molecular flexibility index (Phi) is 4.39. The van der Waals surface area contributed by atoms with E-state index < -0.39 is 0 Å². The lowest BCUT2D eigenvalue weighted by atomic mass is 10.2.